The maximum absolute atomic E-state index is 13.2. The Kier molecular flexibility index (Phi) is 5.87. The molecule has 2 aromatic carbocycles. The molecule has 1 aliphatic rings. The third-order valence-electron chi connectivity index (χ3n) is 4.79. The molecule has 3 rings (SSSR count). The Morgan fingerprint density at radius 3 is 2.50 bits per heavy atom. The summed E-state index contributed by atoms with van der Waals surface area (Å²) < 4.78 is 13.2. The first-order valence-corrected chi connectivity index (χ1v) is 9.35. The van der Waals surface area contributed by atoms with Crippen LogP contribution in [0.25, 0.3) is 0 Å². The zero-order chi connectivity index (χ0) is 20.3. The third kappa shape index (κ3) is 4.44. The van der Waals surface area contributed by atoms with Crippen LogP contribution in [0.3, 0.4) is 0 Å². The normalized spacial score (nSPS) is 14.5. The van der Waals surface area contributed by atoms with E-state index in [4.69, 9.17) is 28.5 Å². The van der Waals surface area contributed by atoms with Gasteiger partial charge in [0.15, 0.2) is 0 Å². The van der Waals surface area contributed by atoms with Gasteiger partial charge in [-0.25, -0.2) is 4.39 Å². The highest BCUT2D eigenvalue weighted by Crippen LogP contribution is 2.37. The van der Waals surface area contributed by atoms with Crippen molar-refractivity contribution in [1.29, 1.82) is 5.26 Å². The number of nitrogens with one attached hydrogen (secondary N) is 2. The molecule has 28 heavy (non-hydrogen) atoms. The quantitative estimate of drug-likeness (QED) is 0.727. The van der Waals surface area contributed by atoms with E-state index in [-0.39, 0.29) is 11.3 Å². The number of hydrogen-bond donors (Lipinski definition) is 2. The van der Waals surface area contributed by atoms with Gasteiger partial charge in [-0.2, -0.15) is 5.26 Å². The minimum atomic E-state index is -0.920. The predicted octanol–water partition coefficient (Wildman–Crippen LogP) is 4.22. The van der Waals surface area contributed by atoms with E-state index in [1.807, 2.05) is 0 Å². The van der Waals surface area contributed by atoms with Gasteiger partial charge in [-0.1, -0.05) is 29.3 Å². The molecule has 2 N–H and O–H groups in total. The first kappa shape index (κ1) is 20.1. The van der Waals surface area contributed by atoms with E-state index < -0.39 is 23.2 Å². The Hall–Kier alpha value is -2.62. The molecule has 0 bridgehead atoms. The lowest BCUT2D eigenvalue weighted by atomic mass is 9.72. The van der Waals surface area contributed by atoms with Crippen molar-refractivity contribution in [3.63, 3.8) is 0 Å². The lowest BCUT2D eigenvalue weighted by Crippen LogP contribution is -2.57. The summed E-state index contributed by atoms with van der Waals surface area (Å²) in [6.07, 6.45) is 2.82. The summed E-state index contributed by atoms with van der Waals surface area (Å²) in [7, 11) is 0. The Morgan fingerprint density at radius 1 is 1.14 bits per heavy atom. The van der Waals surface area contributed by atoms with Crippen molar-refractivity contribution in [1.82, 2.24) is 5.32 Å². The van der Waals surface area contributed by atoms with Gasteiger partial charge in [0.25, 0.3) is 0 Å². The van der Waals surface area contributed by atoms with E-state index >= 15 is 0 Å². The highest BCUT2D eigenvalue weighted by Gasteiger charge is 2.40. The number of anilines is 1. The summed E-state index contributed by atoms with van der Waals surface area (Å²) in [5.41, 5.74) is 0.281. The van der Waals surface area contributed by atoms with E-state index in [9.17, 15) is 14.0 Å². The summed E-state index contributed by atoms with van der Waals surface area (Å²) in [4.78, 5) is 24.7. The van der Waals surface area contributed by atoms with Crippen molar-refractivity contribution in [2.75, 3.05) is 5.32 Å². The van der Waals surface area contributed by atoms with Crippen molar-refractivity contribution >= 4 is 40.7 Å². The second-order valence-corrected chi connectivity index (χ2v) is 7.60. The molecule has 1 fully saturated rings. The number of hydrogen-bond acceptors (Lipinski definition) is 3. The molecule has 0 radical (unpaired) electrons. The van der Waals surface area contributed by atoms with Gasteiger partial charge in [0.1, 0.15) is 11.9 Å². The second kappa shape index (κ2) is 8.17. The minimum absolute atomic E-state index is 0.0625. The van der Waals surface area contributed by atoms with Crippen LogP contribution in [0.2, 0.25) is 10.0 Å². The summed E-state index contributed by atoms with van der Waals surface area (Å²) in [5, 5.41) is 15.2. The summed E-state index contributed by atoms with van der Waals surface area (Å²) in [5.74, 6) is -2.35. The fourth-order valence-corrected chi connectivity index (χ4v) is 3.65. The van der Waals surface area contributed by atoms with E-state index in [0.717, 1.165) is 24.1 Å². The molecule has 1 saturated carbocycles. The average molecular weight is 420 g/mol. The zero-order valence-corrected chi connectivity index (χ0v) is 16.2. The van der Waals surface area contributed by atoms with Crippen LogP contribution in [0.1, 0.15) is 30.4 Å². The van der Waals surface area contributed by atoms with Gasteiger partial charge in [0.2, 0.25) is 0 Å². The molecule has 0 saturated heterocycles. The number of carbonyl (C=O) groups excluding carboxylic acids is 2. The topological polar surface area (TPSA) is 82.0 Å². The summed E-state index contributed by atoms with van der Waals surface area (Å²) in [6, 6.07) is 10.3. The largest absolute Gasteiger partial charge is 0.342 e. The van der Waals surface area contributed by atoms with Crippen LogP contribution in [0, 0.1) is 17.1 Å². The Balaban J connectivity index is 1.70. The smallest absolute Gasteiger partial charge is 0.313 e. The molecule has 0 atom stereocenters. The maximum Gasteiger partial charge on any atom is 0.313 e. The fraction of sp³-hybridized carbons (Fsp3) is 0.250. The molecule has 144 valence electrons. The Labute approximate surface area is 171 Å². The van der Waals surface area contributed by atoms with Crippen LogP contribution >= 0.6 is 23.2 Å². The van der Waals surface area contributed by atoms with Crippen LogP contribution in [0.5, 0.6) is 0 Å². The molecule has 8 heteroatoms. The van der Waals surface area contributed by atoms with Crippen molar-refractivity contribution in [2.45, 2.75) is 31.2 Å². The number of halogens is 3. The molecule has 2 aromatic rings. The molecule has 2 amide bonds. The number of rotatable bonds is 4. The highest BCUT2D eigenvalue weighted by molar-refractivity contribution is 6.40. The van der Waals surface area contributed by atoms with Gasteiger partial charge in [-0.15, -0.1) is 0 Å². The number of nitriles is 1. The van der Waals surface area contributed by atoms with Crippen LogP contribution in [-0.4, -0.2) is 17.4 Å². The van der Waals surface area contributed by atoms with Crippen LogP contribution < -0.4 is 10.6 Å². The fourth-order valence-electron chi connectivity index (χ4n) is 3.17. The molecule has 5 nitrogen and oxygen atoms in total. The van der Waals surface area contributed by atoms with Crippen molar-refractivity contribution in [3.8, 4) is 6.07 Å². The van der Waals surface area contributed by atoms with Gasteiger partial charge in [-0.05, 0) is 61.6 Å². The predicted molar refractivity (Wildman–Crippen MR) is 105 cm³/mol. The molecule has 0 unspecified atom stereocenters. The van der Waals surface area contributed by atoms with Gasteiger partial charge >= 0.3 is 11.8 Å². The average Bonchev–Trinajstić information content (AvgIpc) is 2.63. The lowest BCUT2D eigenvalue weighted by molar-refractivity contribution is -0.138. The molecule has 0 spiro atoms. The molecular weight excluding hydrogens is 404 g/mol. The van der Waals surface area contributed by atoms with E-state index in [2.05, 4.69) is 10.6 Å². The molecule has 0 aromatic heterocycles. The van der Waals surface area contributed by atoms with Crippen LogP contribution in [-0.2, 0) is 16.0 Å². The Morgan fingerprint density at radius 2 is 1.89 bits per heavy atom. The highest BCUT2D eigenvalue weighted by atomic mass is 35.5. The van der Waals surface area contributed by atoms with Gasteiger partial charge < -0.3 is 10.6 Å². The first-order chi connectivity index (χ1) is 13.3. The number of nitrogens with zero attached hydrogens (tertiary/aromatic N) is 1. The summed E-state index contributed by atoms with van der Waals surface area (Å²) in [6.45, 7) is 0. The monoisotopic (exact) mass is 419 g/mol. The number of carbonyl (C=O) groups is 2. The zero-order valence-electron chi connectivity index (χ0n) is 14.7. The SMILES string of the molecule is N#Cc1cc(F)ccc1NC(=O)C(=O)NC1(Cc2ccc(Cl)cc2Cl)CCC1. The molecule has 0 aliphatic heterocycles. The van der Waals surface area contributed by atoms with Crippen molar-refractivity contribution < 1.29 is 14.0 Å². The van der Waals surface area contributed by atoms with Crippen molar-refractivity contribution in [2.24, 2.45) is 0 Å². The molecular formula is C20H16Cl2FN3O2. The van der Waals surface area contributed by atoms with E-state index in [1.165, 1.54) is 6.07 Å². The van der Waals surface area contributed by atoms with Crippen LogP contribution in [0.4, 0.5) is 10.1 Å². The Bertz CT molecular complexity index is 984. The molecule has 0 heterocycles. The van der Waals surface area contributed by atoms with Gasteiger partial charge in [0.05, 0.1) is 11.3 Å². The molecule has 1 aliphatic carbocycles. The summed E-state index contributed by atoms with van der Waals surface area (Å²) >= 11 is 12.2. The van der Waals surface area contributed by atoms with Gasteiger partial charge in [-0.3, -0.25) is 9.59 Å². The van der Waals surface area contributed by atoms with Crippen LogP contribution in [0.15, 0.2) is 36.4 Å². The first-order valence-electron chi connectivity index (χ1n) is 8.59. The minimum Gasteiger partial charge on any atom is -0.342 e. The number of amides is 2. The lowest BCUT2D eigenvalue weighted by Gasteiger charge is -2.42. The maximum atomic E-state index is 13.2. The van der Waals surface area contributed by atoms with E-state index in [1.54, 1.807) is 24.3 Å². The van der Waals surface area contributed by atoms with E-state index in [0.29, 0.717) is 29.3 Å². The second-order valence-electron chi connectivity index (χ2n) is 6.76. The number of benzene rings is 2. The standard InChI is InChI=1S/C20H16Cl2FN3O2/c21-14-3-2-12(16(22)9-14)10-20(6-1-7-20)26-19(28)18(27)25-17-5-4-15(23)8-13(17)11-24/h2-5,8-9H,1,6-7,10H2,(H,25,27)(H,26,28). The third-order valence-corrected chi connectivity index (χ3v) is 5.38. The van der Waals surface area contributed by atoms with Crippen molar-refractivity contribution in [3.05, 3.63) is 63.4 Å². The van der Waals surface area contributed by atoms with Gasteiger partial charge in [0, 0.05) is 15.6 Å².